The van der Waals surface area contributed by atoms with Gasteiger partial charge >= 0.3 is 0 Å². The molecule has 0 spiro atoms. The highest BCUT2D eigenvalue weighted by Gasteiger charge is 2.03. The Labute approximate surface area is 84.8 Å². The van der Waals surface area contributed by atoms with Crippen LogP contribution in [-0.2, 0) is 7.05 Å². The van der Waals surface area contributed by atoms with Gasteiger partial charge in [0.2, 0.25) is 0 Å². The Balaban J connectivity index is 0.000000461. The summed E-state index contributed by atoms with van der Waals surface area (Å²) in [5.74, 6) is 0. The first-order chi connectivity index (χ1) is 6.66. The lowest BCUT2D eigenvalue weighted by Crippen LogP contribution is -1.86. The zero-order chi connectivity index (χ0) is 10.7. The minimum Gasteiger partial charge on any atom is -0.273 e. The van der Waals surface area contributed by atoms with Crippen LogP contribution in [0.25, 0.3) is 11.0 Å². The molecule has 2 rings (SSSR count). The average molecular weight is 191 g/mol. The molecular weight excluding hydrogens is 174 g/mol. The van der Waals surface area contributed by atoms with Crippen molar-refractivity contribution >= 4 is 11.0 Å². The van der Waals surface area contributed by atoms with Gasteiger partial charge in [-0.1, -0.05) is 13.8 Å². The van der Waals surface area contributed by atoms with Crippen molar-refractivity contribution < 1.29 is 0 Å². The zero-order valence-corrected chi connectivity index (χ0v) is 9.50. The van der Waals surface area contributed by atoms with Gasteiger partial charge in [0.1, 0.15) is 11.0 Å². The normalized spacial score (nSPS) is 9.79. The quantitative estimate of drug-likeness (QED) is 0.641. The molecule has 3 heteroatoms. The van der Waals surface area contributed by atoms with E-state index in [1.807, 2.05) is 34.0 Å². The smallest absolute Gasteiger partial charge is 0.114 e. The third-order valence-electron chi connectivity index (χ3n) is 1.91. The van der Waals surface area contributed by atoms with Crippen molar-refractivity contribution in [2.45, 2.75) is 27.7 Å². The molecule has 0 aliphatic rings. The van der Waals surface area contributed by atoms with Crippen LogP contribution in [0.1, 0.15) is 25.1 Å². The summed E-state index contributed by atoms with van der Waals surface area (Å²) < 4.78 is 1.80. The van der Waals surface area contributed by atoms with Gasteiger partial charge in [0.25, 0.3) is 0 Å². The number of hydrogen-bond donors (Lipinski definition) is 0. The fourth-order valence-corrected chi connectivity index (χ4v) is 1.44. The number of rotatable bonds is 0. The lowest BCUT2D eigenvalue weighted by atomic mass is 10.2. The highest BCUT2D eigenvalue weighted by atomic mass is 15.3. The molecule has 2 aromatic heterocycles. The minimum absolute atomic E-state index is 0.981. The van der Waals surface area contributed by atoms with Gasteiger partial charge in [-0.05, 0) is 25.5 Å². The third kappa shape index (κ3) is 1.92. The van der Waals surface area contributed by atoms with Crippen LogP contribution in [0.5, 0.6) is 0 Å². The maximum Gasteiger partial charge on any atom is 0.114 e. The third-order valence-corrected chi connectivity index (χ3v) is 1.91. The van der Waals surface area contributed by atoms with Crippen LogP contribution in [0.4, 0.5) is 0 Å². The molecule has 0 N–H and O–H groups in total. The van der Waals surface area contributed by atoms with E-state index in [-0.39, 0.29) is 0 Å². The van der Waals surface area contributed by atoms with Gasteiger partial charge in [-0.25, -0.2) is 4.98 Å². The van der Waals surface area contributed by atoms with Crippen molar-refractivity contribution in [3.05, 3.63) is 23.5 Å². The first kappa shape index (κ1) is 10.7. The van der Waals surface area contributed by atoms with E-state index >= 15 is 0 Å². The maximum absolute atomic E-state index is 4.37. The van der Waals surface area contributed by atoms with E-state index in [2.05, 4.69) is 23.1 Å². The van der Waals surface area contributed by atoms with Crippen LogP contribution in [0.3, 0.4) is 0 Å². The molecule has 0 aromatic carbocycles. The second-order valence-electron chi connectivity index (χ2n) is 3.12. The van der Waals surface area contributed by atoms with Crippen LogP contribution in [0.2, 0.25) is 0 Å². The number of hydrogen-bond acceptors (Lipinski definition) is 2. The molecule has 2 aromatic rings. The minimum atomic E-state index is 0.981. The second kappa shape index (κ2) is 4.22. The molecule has 0 atom stereocenters. The Hall–Kier alpha value is -1.38. The number of pyridine rings is 1. The van der Waals surface area contributed by atoms with Gasteiger partial charge in [0, 0.05) is 12.7 Å². The summed E-state index contributed by atoms with van der Waals surface area (Å²) in [6.07, 6.45) is 1.94. The Morgan fingerprint density at radius 1 is 1.21 bits per heavy atom. The summed E-state index contributed by atoms with van der Waals surface area (Å²) in [4.78, 5) is 4.37. The monoisotopic (exact) mass is 191 g/mol. The Kier molecular flexibility index (Phi) is 3.23. The molecule has 0 aliphatic heterocycles. The largest absolute Gasteiger partial charge is 0.273 e. The molecule has 0 aliphatic carbocycles. The summed E-state index contributed by atoms with van der Waals surface area (Å²) in [6.45, 7) is 8.06. The number of fused-ring (bicyclic) bond motifs is 1. The van der Waals surface area contributed by atoms with E-state index in [0.29, 0.717) is 0 Å². The highest BCUT2D eigenvalue weighted by Crippen LogP contribution is 2.14. The molecule has 0 bridgehead atoms. The van der Waals surface area contributed by atoms with Crippen molar-refractivity contribution in [1.29, 1.82) is 0 Å². The van der Waals surface area contributed by atoms with Gasteiger partial charge in [0.15, 0.2) is 0 Å². The van der Waals surface area contributed by atoms with Crippen LogP contribution >= 0.6 is 0 Å². The number of aromatic nitrogens is 3. The van der Waals surface area contributed by atoms with E-state index < -0.39 is 0 Å². The molecule has 14 heavy (non-hydrogen) atoms. The standard InChI is InChI=1S/C9H11N3.C2H6/c1-6-4-7(2)10-8-5-12(3)11-9(6)8;1-2/h4-5H,1-3H3;1-2H3. The molecule has 0 amide bonds. The lowest BCUT2D eigenvalue weighted by molar-refractivity contribution is 0.778. The summed E-state index contributed by atoms with van der Waals surface area (Å²) in [6, 6.07) is 2.05. The van der Waals surface area contributed by atoms with E-state index in [0.717, 1.165) is 16.7 Å². The van der Waals surface area contributed by atoms with Crippen LogP contribution in [0.15, 0.2) is 12.3 Å². The fraction of sp³-hybridized carbons (Fsp3) is 0.455. The topological polar surface area (TPSA) is 30.7 Å². The second-order valence-corrected chi connectivity index (χ2v) is 3.12. The van der Waals surface area contributed by atoms with Crippen molar-refractivity contribution in [2.24, 2.45) is 7.05 Å². The van der Waals surface area contributed by atoms with Crippen molar-refractivity contribution in [3.8, 4) is 0 Å². The molecule has 0 radical (unpaired) electrons. The highest BCUT2D eigenvalue weighted by molar-refractivity contribution is 5.77. The van der Waals surface area contributed by atoms with E-state index in [1.54, 1.807) is 4.68 Å². The predicted octanol–water partition coefficient (Wildman–Crippen LogP) is 2.61. The summed E-state index contributed by atoms with van der Waals surface area (Å²) in [7, 11) is 1.91. The molecule has 0 fully saturated rings. The van der Waals surface area contributed by atoms with Gasteiger partial charge in [-0.2, -0.15) is 5.10 Å². The van der Waals surface area contributed by atoms with Gasteiger partial charge in [0.05, 0.1) is 6.20 Å². The summed E-state index contributed by atoms with van der Waals surface area (Å²) in [5, 5.41) is 4.31. The lowest BCUT2D eigenvalue weighted by Gasteiger charge is -1.94. The molecule has 0 saturated heterocycles. The number of aryl methyl sites for hydroxylation is 3. The van der Waals surface area contributed by atoms with Crippen LogP contribution in [0, 0.1) is 13.8 Å². The zero-order valence-electron chi connectivity index (χ0n) is 9.50. The van der Waals surface area contributed by atoms with Gasteiger partial charge < -0.3 is 0 Å². The molecule has 2 heterocycles. The SMILES string of the molecule is CC.Cc1cc(C)c2nn(C)cc2n1. The first-order valence-electron chi connectivity index (χ1n) is 4.94. The van der Waals surface area contributed by atoms with Crippen molar-refractivity contribution in [1.82, 2.24) is 14.8 Å². The Bertz CT molecular complexity index is 429. The van der Waals surface area contributed by atoms with Crippen molar-refractivity contribution in [3.63, 3.8) is 0 Å². The van der Waals surface area contributed by atoms with E-state index in [4.69, 9.17) is 0 Å². The molecular formula is C11H17N3. The Morgan fingerprint density at radius 2 is 1.86 bits per heavy atom. The first-order valence-corrected chi connectivity index (χ1v) is 4.94. The van der Waals surface area contributed by atoms with Crippen molar-refractivity contribution in [2.75, 3.05) is 0 Å². The maximum atomic E-state index is 4.37. The van der Waals surface area contributed by atoms with Crippen LogP contribution in [-0.4, -0.2) is 14.8 Å². The molecule has 3 nitrogen and oxygen atoms in total. The van der Waals surface area contributed by atoms with E-state index in [1.165, 1.54) is 5.56 Å². The average Bonchev–Trinajstić information content (AvgIpc) is 2.49. The number of nitrogens with zero attached hydrogens (tertiary/aromatic N) is 3. The van der Waals surface area contributed by atoms with E-state index in [9.17, 15) is 0 Å². The Morgan fingerprint density at radius 3 is 2.50 bits per heavy atom. The molecule has 0 unspecified atom stereocenters. The van der Waals surface area contributed by atoms with Crippen LogP contribution < -0.4 is 0 Å². The summed E-state index contributed by atoms with van der Waals surface area (Å²) >= 11 is 0. The van der Waals surface area contributed by atoms with Gasteiger partial charge in [-0.15, -0.1) is 0 Å². The predicted molar refractivity (Wildman–Crippen MR) is 59.3 cm³/mol. The van der Waals surface area contributed by atoms with Gasteiger partial charge in [-0.3, -0.25) is 4.68 Å². The molecule has 0 saturated carbocycles. The summed E-state index contributed by atoms with van der Waals surface area (Å²) in [5.41, 5.74) is 4.23. The fourth-order valence-electron chi connectivity index (χ4n) is 1.44. The molecule has 76 valence electrons.